The van der Waals surface area contributed by atoms with Crippen LogP contribution in [0.3, 0.4) is 0 Å². The Labute approximate surface area is 63.0 Å². The second-order valence-electron chi connectivity index (χ2n) is 2.75. The summed E-state index contributed by atoms with van der Waals surface area (Å²) in [4.78, 5) is 0. The minimum atomic E-state index is 0.340. The molecule has 1 aliphatic heterocycles. The molecule has 1 rings (SSSR count). The highest BCUT2D eigenvalue weighted by atomic mass is 16.5. The topological polar surface area (TPSA) is 21.3 Å². The zero-order valence-corrected chi connectivity index (χ0v) is 6.73. The summed E-state index contributed by atoms with van der Waals surface area (Å²) in [6.45, 7) is 4.01. The number of ether oxygens (including phenoxy) is 1. The molecule has 0 spiro atoms. The van der Waals surface area contributed by atoms with Crippen LogP contribution in [-0.2, 0) is 4.74 Å². The predicted molar refractivity (Wildman–Crippen MR) is 41.9 cm³/mol. The predicted octanol–water partition coefficient (Wildman–Crippen LogP) is 1.51. The largest absolute Gasteiger partial charge is 0.364 e. The summed E-state index contributed by atoms with van der Waals surface area (Å²) in [7, 11) is 0. The van der Waals surface area contributed by atoms with Crippen molar-refractivity contribution in [3.63, 3.8) is 0 Å². The van der Waals surface area contributed by atoms with Gasteiger partial charge in [-0.25, -0.2) is 0 Å². The Morgan fingerprint density at radius 1 is 1.40 bits per heavy atom. The van der Waals surface area contributed by atoms with Crippen molar-refractivity contribution in [3.8, 4) is 0 Å². The van der Waals surface area contributed by atoms with Gasteiger partial charge in [0.2, 0.25) is 0 Å². The van der Waals surface area contributed by atoms with Crippen LogP contribution in [0.2, 0.25) is 0 Å². The number of rotatable bonds is 2. The molecule has 0 amide bonds. The van der Waals surface area contributed by atoms with Gasteiger partial charge in [-0.3, -0.25) is 5.32 Å². The van der Waals surface area contributed by atoms with Crippen molar-refractivity contribution in [1.29, 1.82) is 0 Å². The minimum Gasteiger partial charge on any atom is -0.364 e. The standard InChI is InChI=1S/C8H17NO/c1-2-10-8-6-4-3-5-7-9-8/h8-9H,2-7H2,1H3. The lowest BCUT2D eigenvalue weighted by Crippen LogP contribution is -2.30. The van der Waals surface area contributed by atoms with Crippen LogP contribution in [0.5, 0.6) is 0 Å². The third-order valence-electron chi connectivity index (χ3n) is 1.88. The van der Waals surface area contributed by atoms with E-state index in [1.54, 1.807) is 0 Å². The van der Waals surface area contributed by atoms with Crippen LogP contribution in [0.4, 0.5) is 0 Å². The number of hydrogen-bond donors (Lipinski definition) is 1. The van der Waals surface area contributed by atoms with Gasteiger partial charge in [-0.15, -0.1) is 0 Å². The lowest BCUT2D eigenvalue weighted by molar-refractivity contribution is 0.0359. The molecule has 0 aromatic heterocycles. The molecule has 1 saturated heterocycles. The van der Waals surface area contributed by atoms with Crippen LogP contribution in [0.1, 0.15) is 32.6 Å². The monoisotopic (exact) mass is 143 g/mol. The molecule has 1 atom stereocenters. The summed E-state index contributed by atoms with van der Waals surface area (Å²) in [6, 6.07) is 0. The van der Waals surface area contributed by atoms with E-state index in [0.717, 1.165) is 13.2 Å². The van der Waals surface area contributed by atoms with Crippen molar-refractivity contribution in [2.24, 2.45) is 0 Å². The Hall–Kier alpha value is -0.0800. The molecule has 0 aromatic carbocycles. The molecule has 1 heterocycles. The van der Waals surface area contributed by atoms with E-state index in [1.165, 1.54) is 25.7 Å². The zero-order chi connectivity index (χ0) is 7.23. The maximum atomic E-state index is 5.45. The fourth-order valence-corrected chi connectivity index (χ4v) is 1.34. The molecular weight excluding hydrogens is 126 g/mol. The summed E-state index contributed by atoms with van der Waals surface area (Å²) in [5.41, 5.74) is 0. The highest BCUT2D eigenvalue weighted by molar-refractivity contribution is 4.61. The maximum Gasteiger partial charge on any atom is 0.108 e. The second kappa shape index (κ2) is 4.69. The lowest BCUT2D eigenvalue weighted by Gasteiger charge is -2.14. The van der Waals surface area contributed by atoms with E-state index in [4.69, 9.17) is 4.74 Å². The van der Waals surface area contributed by atoms with Gasteiger partial charge in [0, 0.05) is 6.61 Å². The molecule has 2 heteroatoms. The van der Waals surface area contributed by atoms with Crippen molar-refractivity contribution in [2.45, 2.75) is 38.8 Å². The van der Waals surface area contributed by atoms with Crippen LogP contribution >= 0.6 is 0 Å². The van der Waals surface area contributed by atoms with E-state index in [-0.39, 0.29) is 0 Å². The van der Waals surface area contributed by atoms with Crippen LogP contribution in [-0.4, -0.2) is 19.4 Å². The van der Waals surface area contributed by atoms with Crippen LogP contribution in [0.15, 0.2) is 0 Å². The van der Waals surface area contributed by atoms with Gasteiger partial charge in [-0.1, -0.05) is 6.42 Å². The van der Waals surface area contributed by atoms with Gasteiger partial charge in [0.05, 0.1) is 0 Å². The smallest absolute Gasteiger partial charge is 0.108 e. The third-order valence-corrected chi connectivity index (χ3v) is 1.88. The van der Waals surface area contributed by atoms with E-state index < -0.39 is 0 Å². The van der Waals surface area contributed by atoms with Gasteiger partial charge in [-0.2, -0.15) is 0 Å². The SMILES string of the molecule is CCOC1CCCCCN1. The molecule has 10 heavy (non-hydrogen) atoms. The molecule has 1 unspecified atom stereocenters. The summed E-state index contributed by atoms with van der Waals surface area (Å²) in [5.74, 6) is 0. The molecule has 0 aliphatic carbocycles. The van der Waals surface area contributed by atoms with Crippen LogP contribution in [0, 0.1) is 0 Å². The van der Waals surface area contributed by atoms with E-state index in [9.17, 15) is 0 Å². The molecule has 2 nitrogen and oxygen atoms in total. The fourth-order valence-electron chi connectivity index (χ4n) is 1.34. The lowest BCUT2D eigenvalue weighted by atomic mass is 10.2. The van der Waals surface area contributed by atoms with Crippen molar-refractivity contribution in [2.75, 3.05) is 13.2 Å². The van der Waals surface area contributed by atoms with Gasteiger partial charge in [0.25, 0.3) is 0 Å². The second-order valence-corrected chi connectivity index (χ2v) is 2.75. The molecule has 0 bridgehead atoms. The Morgan fingerprint density at radius 3 is 3.10 bits per heavy atom. The molecular formula is C8H17NO. The van der Waals surface area contributed by atoms with Crippen molar-refractivity contribution in [3.05, 3.63) is 0 Å². The zero-order valence-electron chi connectivity index (χ0n) is 6.73. The van der Waals surface area contributed by atoms with Crippen molar-refractivity contribution in [1.82, 2.24) is 5.32 Å². The average Bonchev–Trinajstić information content (AvgIpc) is 2.17. The van der Waals surface area contributed by atoms with E-state index in [1.807, 2.05) is 6.92 Å². The van der Waals surface area contributed by atoms with Gasteiger partial charge in [0.1, 0.15) is 6.23 Å². The van der Waals surface area contributed by atoms with Crippen LogP contribution < -0.4 is 5.32 Å². The third kappa shape index (κ3) is 2.67. The number of hydrogen-bond acceptors (Lipinski definition) is 2. The van der Waals surface area contributed by atoms with Crippen molar-refractivity contribution >= 4 is 0 Å². The molecule has 1 N–H and O–H groups in total. The van der Waals surface area contributed by atoms with Crippen molar-refractivity contribution < 1.29 is 4.74 Å². The first kappa shape index (κ1) is 8.02. The summed E-state index contributed by atoms with van der Waals surface area (Å²) in [5, 5.41) is 3.36. The Morgan fingerprint density at radius 2 is 2.30 bits per heavy atom. The minimum absolute atomic E-state index is 0.340. The Bertz CT molecular complexity index is 77.3. The molecule has 1 fully saturated rings. The van der Waals surface area contributed by atoms with E-state index in [0.29, 0.717) is 6.23 Å². The number of nitrogens with one attached hydrogen (secondary N) is 1. The molecule has 0 aromatic rings. The summed E-state index contributed by atoms with van der Waals surface area (Å²) in [6.07, 6.45) is 5.51. The average molecular weight is 143 g/mol. The normalized spacial score (nSPS) is 27.9. The van der Waals surface area contributed by atoms with Gasteiger partial charge >= 0.3 is 0 Å². The molecule has 0 saturated carbocycles. The van der Waals surface area contributed by atoms with E-state index >= 15 is 0 Å². The highest BCUT2D eigenvalue weighted by Crippen LogP contribution is 2.08. The van der Waals surface area contributed by atoms with Gasteiger partial charge in [0.15, 0.2) is 0 Å². The van der Waals surface area contributed by atoms with Gasteiger partial charge in [-0.05, 0) is 32.7 Å². The molecule has 1 aliphatic rings. The first-order valence-corrected chi connectivity index (χ1v) is 4.28. The quantitative estimate of drug-likeness (QED) is 0.632. The fraction of sp³-hybridized carbons (Fsp3) is 1.00. The maximum absolute atomic E-state index is 5.45. The highest BCUT2D eigenvalue weighted by Gasteiger charge is 2.09. The Kier molecular flexibility index (Phi) is 3.76. The summed E-state index contributed by atoms with van der Waals surface area (Å²) >= 11 is 0. The van der Waals surface area contributed by atoms with E-state index in [2.05, 4.69) is 5.32 Å². The summed E-state index contributed by atoms with van der Waals surface area (Å²) < 4.78 is 5.45. The first-order chi connectivity index (χ1) is 4.93. The van der Waals surface area contributed by atoms with Crippen LogP contribution in [0.25, 0.3) is 0 Å². The first-order valence-electron chi connectivity index (χ1n) is 4.28. The molecule has 60 valence electrons. The van der Waals surface area contributed by atoms with Gasteiger partial charge < -0.3 is 4.74 Å². The Balaban J connectivity index is 2.15. The molecule has 0 radical (unpaired) electrons.